The lowest BCUT2D eigenvalue weighted by molar-refractivity contribution is -0.131. The van der Waals surface area contributed by atoms with Crippen LogP contribution in [0, 0.1) is 0 Å². The molecule has 0 radical (unpaired) electrons. The predicted molar refractivity (Wildman–Crippen MR) is 92.9 cm³/mol. The fourth-order valence-electron chi connectivity index (χ4n) is 2.83. The van der Waals surface area contributed by atoms with Crippen LogP contribution in [-0.4, -0.2) is 30.4 Å². The lowest BCUT2D eigenvalue weighted by Gasteiger charge is -2.13. The zero-order valence-corrected chi connectivity index (χ0v) is 14.3. The highest BCUT2D eigenvalue weighted by atomic mass is 35.5. The van der Waals surface area contributed by atoms with Crippen molar-refractivity contribution in [1.82, 2.24) is 5.32 Å². The van der Waals surface area contributed by atoms with Crippen LogP contribution in [0.25, 0.3) is 0 Å². The van der Waals surface area contributed by atoms with Gasteiger partial charge in [-0.15, -0.1) is 11.3 Å². The van der Waals surface area contributed by atoms with E-state index in [-0.39, 0.29) is 12.0 Å². The molecule has 0 bridgehead atoms. The molecule has 0 fully saturated rings. The van der Waals surface area contributed by atoms with Crippen molar-refractivity contribution in [3.05, 3.63) is 51.2 Å². The molecule has 0 unspecified atom stereocenters. The molecule has 2 atom stereocenters. The molecule has 4 rings (SSSR count). The van der Waals surface area contributed by atoms with Crippen molar-refractivity contribution in [2.75, 3.05) is 6.54 Å². The van der Waals surface area contributed by atoms with E-state index in [4.69, 9.17) is 21.2 Å². The van der Waals surface area contributed by atoms with Crippen LogP contribution in [0.4, 0.5) is 0 Å². The summed E-state index contributed by atoms with van der Waals surface area (Å²) < 4.78 is 6.51. The van der Waals surface area contributed by atoms with Crippen molar-refractivity contribution in [1.29, 1.82) is 0 Å². The van der Waals surface area contributed by atoms with Gasteiger partial charge in [0.2, 0.25) is 6.10 Å². The molecule has 0 saturated heterocycles. The molecule has 1 aromatic heterocycles. The highest BCUT2D eigenvalue weighted by Gasteiger charge is 2.30. The number of nitrogens with zero attached hydrogens (tertiary/aromatic N) is 1. The number of carbonyl (C=O) groups is 1. The number of amides is 1. The zero-order chi connectivity index (χ0) is 16.5. The molecule has 1 N–H and O–H groups in total. The van der Waals surface area contributed by atoms with Crippen molar-refractivity contribution >= 4 is 34.6 Å². The topological polar surface area (TPSA) is 59.9 Å². The summed E-state index contributed by atoms with van der Waals surface area (Å²) >= 11 is 7.36. The summed E-state index contributed by atoms with van der Waals surface area (Å²) in [5.74, 6) is 0.727. The first-order chi connectivity index (χ1) is 11.7. The molecule has 5 nitrogen and oxygen atoms in total. The van der Waals surface area contributed by atoms with Crippen molar-refractivity contribution in [3.63, 3.8) is 0 Å². The third kappa shape index (κ3) is 3.12. The van der Waals surface area contributed by atoms with Crippen molar-refractivity contribution in [3.8, 4) is 5.75 Å². The van der Waals surface area contributed by atoms with E-state index in [9.17, 15) is 4.79 Å². The van der Waals surface area contributed by atoms with Gasteiger partial charge in [0.05, 0.1) is 15.8 Å². The number of rotatable bonds is 4. The van der Waals surface area contributed by atoms with Crippen LogP contribution >= 0.6 is 22.9 Å². The van der Waals surface area contributed by atoms with Gasteiger partial charge in [-0.3, -0.25) is 4.79 Å². The molecule has 0 spiro atoms. The fourth-order valence-corrected chi connectivity index (χ4v) is 3.86. The van der Waals surface area contributed by atoms with Crippen LogP contribution in [0.3, 0.4) is 0 Å². The number of hydrogen-bond acceptors (Lipinski definition) is 5. The highest BCUT2D eigenvalue weighted by molar-refractivity contribution is 7.18. The summed E-state index contributed by atoms with van der Waals surface area (Å²) in [4.78, 5) is 18.5. The maximum atomic E-state index is 12.3. The smallest absolute Gasteiger partial charge is 0.264 e. The average Bonchev–Trinajstić information content (AvgIpc) is 3.30. The Kier molecular flexibility index (Phi) is 4.16. The van der Waals surface area contributed by atoms with Gasteiger partial charge in [0.25, 0.3) is 5.91 Å². The zero-order valence-electron chi connectivity index (χ0n) is 12.7. The number of nitrogens with one attached hydrogen (secondary N) is 1. The van der Waals surface area contributed by atoms with Crippen molar-refractivity contribution in [2.45, 2.75) is 25.0 Å². The van der Waals surface area contributed by atoms with Crippen LogP contribution in [0.2, 0.25) is 4.34 Å². The Bertz CT molecular complexity index is 780. The monoisotopic (exact) mass is 362 g/mol. The number of benzene rings is 1. The predicted octanol–water partition coefficient (Wildman–Crippen LogP) is 3.01. The van der Waals surface area contributed by atoms with E-state index in [0.29, 0.717) is 17.3 Å². The van der Waals surface area contributed by atoms with E-state index in [0.717, 1.165) is 22.8 Å². The van der Waals surface area contributed by atoms with Gasteiger partial charge in [0.1, 0.15) is 17.6 Å². The van der Waals surface area contributed by atoms with Gasteiger partial charge in [-0.1, -0.05) is 35.0 Å². The molecule has 2 aliphatic rings. The number of para-hydroxylation sites is 1. The molecule has 2 aliphatic heterocycles. The SMILES string of the molecule is O=C(NC[C@@H]1Cc2ccccc2O1)[C@H]1CC(c2ccc(Cl)s2)=NO1. The van der Waals surface area contributed by atoms with Crippen LogP contribution < -0.4 is 10.1 Å². The second-order valence-corrected chi connectivity index (χ2v) is 7.45. The van der Waals surface area contributed by atoms with Gasteiger partial charge in [-0.2, -0.15) is 0 Å². The molecule has 0 saturated carbocycles. The molecule has 124 valence electrons. The molecule has 7 heteroatoms. The van der Waals surface area contributed by atoms with Gasteiger partial charge in [0, 0.05) is 12.8 Å². The van der Waals surface area contributed by atoms with Crippen LogP contribution in [0.15, 0.2) is 41.6 Å². The van der Waals surface area contributed by atoms with Crippen LogP contribution in [-0.2, 0) is 16.1 Å². The lowest BCUT2D eigenvalue weighted by Crippen LogP contribution is -2.40. The second kappa shape index (κ2) is 6.45. The molecule has 1 aromatic carbocycles. The molecular formula is C17H15ClN2O3S. The van der Waals surface area contributed by atoms with Crippen LogP contribution in [0.1, 0.15) is 16.9 Å². The number of carbonyl (C=O) groups excluding carboxylic acids is 1. The summed E-state index contributed by atoms with van der Waals surface area (Å²) in [6.45, 7) is 0.452. The van der Waals surface area contributed by atoms with Gasteiger partial charge < -0.3 is 14.9 Å². The maximum absolute atomic E-state index is 12.3. The molecular weight excluding hydrogens is 348 g/mol. The minimum Gasteiger partial charge on any atom is -0.488 e. The summed E-state index contributed by atoms with van der Waals surface area (Å²) in [7, 11) is 0. The van der Waals surface area contributed by atoms with Gasteiger partial charge in [-0.05, 0) is 23.8 Å². The highest BCUT2D eigenvalue weighted by Crippen LogP contribution is 2.28. The minimum absolute atomic E-state index is 0.0377. The Morgan fingerprint density at radius 2 is 2.17 bits per heavy atom. The first-order valence-electron chi connectivity index (χ1n) is 7.70. The summed E-state index contributed by atoms with van der Waals surface area (Å²) in [5.41, 5.74) is 1.94. The molecule has 2 aromatic rings. The lowest BCUT2D eigenvalue weighted by atomic mass is 10.1. The first kappa shape index (κ1) is 15.5. The molecule has 3 heterocycles. The van der Waals surface area contributed by atoms with Gasteiger partial charge in [0.15, 0.2) is 0 Å². The first-order valence-corrected chi connectivity index (χ1v) is 8.89. The van der Waals surface area contributed by atoms with E-state index in [2.05, 4.69) is 10.5 Å². The molecule has 24 heavy (non-hydrogen) atoms. The fraction of sp³-hybridized carbons (Fsp3) is 0.294. The van der Waals surface area contributed by atoms with E-state index < -0.39 is 6.10 Å². The normalized spacial score (nSPS) is 21.6. The van der Waals surface area contributed by atoms with E-state index in [1.807, 2.05) is 36.4 Å². The Hall–Kier alpha value is -2.05. The van der Waals surface area contributed by atoms with Crippen LogP contribution in [0.5, 0.6) is 5.75 Å². The number of thiophene rings is 1. The summed E-state index contributed by atoms with van der Waals surface area (Å²) in [5, 5.41) is 6.90. The average molecular weight is 363 g/mol. The summed E-state index contributed by atoms with van der Waals surface area (Å²) in [6.07, 6.45) is 0.625. The third-order valence-corrected chi connectivity index (χ3v) is 5.32. The van der Waals surface area contributed by atoms with Gasteiger partial charge >= 0.3 is 0 Å². The molecule has 0 aliphatic carbocycles. The van der Waals surface area contributed by atoms with E-state index >= 15 is 0 Å². The number of ether oxygens (including phenoxy) is 1. The number of oxime groups is 1. The quantitative estimate of drug-likeness (QED) is 0.909. The molecule has 1 amide bonds. The standard InChI is InChI=1S/C17H15ClN2O3S/c18-16-6-5-15(24-16)12-8-14(23-20-12)17(21)19-9-11-7-10-3-1-2-4-13(10)22-11/h1-6,11,14H,7-9H2,(H,19,21)/t11-,14+/m0/s1. The number of hydrogen-bond donors (Lipinski definition) is 1. The maximum Gasteiger partial charge on any atom is 0.264 e. The van der Waals surface area contributed by atoms with E-state index in [1.54, 1.807) is 0 Å². The Labute approximate surface area is 148 Å². The van der Waals surface area contributed by atoms with Crippen molar-refractivity contribution < 1.29 is 14.4 Å². The van der Waals surface area contributed by atoms with Gasteiger partial charge in [-0.25, -0.2) is 0 Å². The number of fused-ring (bicyclic) bond motifs is 1. The Morgan fingerprint density at radius 1 is 1.29 bits per heavy atom. The largest absolute Gasteiger partial charge is 0.488 e. The van der Waals surface area contributed by atoms with Crippen molar-refractivity contribution in [2.24, 2.45) is 5.16 Å². The third-order valence-electron chi connectivity index (χ3n) is 4.04. The number of halogens is 1. The van der Waals surface area contributed by atoms with E-state index in [1.165, 1.54) is 16.9 Å². The second-order valence-electron chi connectivity index (χ2n) is 5.74. The minimum atomic E-state index is -0.593. The Morgan fingerprint density at radius 3 is 2.96 bits per heavy atom. The Balaban J connectivity index is 1.28. The summed E-state index contributed by atoms with van der Waals surface area (Å²) in [6, 6.07) is 11.6.